The number of rotatable bonds is 4. The van der Waals surface area contributed by atoms with Crippen LogP contribution in [0.1, 0.15) is 24.9 Å². The second kappa shape index (κ2) is 6.38. The lowest BCUT2D eigenvalue weighted by Crippen LogP contribution is -2.46. The van der Waals surface area contributed by atoms with Crippen molar-refractivity contribution in [3.8, 4) is 6.07 Å². The topological polar surface area (TPSA) is 36.3 Å². The predicted octanol–water partition coefficient (Wildman–Crippen LogP) is 2.97. The van der Waals surface area contributed by atoms with Crippen LogP contribution < -0.4 is 0 Å². The monoisotopic (exact) mass is 278 g/mol. The number of alkyl halides is 1. The summed E-state index contributed by atoms with van der Waals surface area (Å²) in [5.74, 6) is 0. The SMILES string of the molecule is CC[C@](Cl)(C#N)[C@@H](c1ccccc1)N1CCOCC1. The van der Waals surface area contributed by atoms with E-state index in [-0.39, 0.29) is 6.04 Å². The minimum absolute atomic E-state index is 0.0886. The summed E-state index contributed by atoms with van der Waals surface area (Å²) >= 11 is 6.60. The molecule has 102 valence electrons. The van der Waals surface area contributed by atoms with Crippen LogP contribution in [0.2, 0.25) is 0 Å². The molecule has 1 saturated heterocycles. The first kappa shape index (κ1) is 14.3. The Kier molecular flexibility index (Phi) is 4.81. The summed E-state index contributed by atoms with van der Waals surface area (Å²) in [5, 5.41) is 9.51. The maximum atomic E-state index is 9.51. The summed E-state index contributed by atoms with van der Waals surface area (Å²) in [4.78, 5) is 1.37. The standard InChI is InChI=1S/C15H19ClN2O/c1-2-15(16,12-17)14(13-6-4-3-5-7-13)18-8-10-19-11-9-18/h3-7,14H,2,8-11H2,1H3/t14-,15+/m1/s1. The Morgan fingerprint density at radius 2 is 2.00 bits per heavy atom. The zero-order valence-corrected chi connectivity index (χ0v) is 11.9. The number of halogens is 1. The Hall–Kier alpha value is -1.08. The van der Waals surface area contributed by atoms with Gasteiger partial charge in [-0.1, -0.05) is 37.3 Å². The molecule has 0 unspecified atom stereocenters. The Balaban J connectivity index is 2.36. The van der Waals surface area contributed by atoms with Crippen molar-refractivity contribution in [1.29, 1.82) is 5.26 Å². The van der Waals surface area contributed by atoms with Crippen LogP contribution in [-0.2, 0) is 4.74 Å². The number of benzene rings is 1. The van der Waals surface area contributed by atoms with Crippen molar-refractivity contribution < 1.29 is 4.74 Å². The maximum absolute atomic E-state index is 9.51. The van der Waals surface area contributed by atoms with Gasteiger partial charge in [0.25, 0.3) is 0 Å². The third-order valence-corrected chi connectivity index (χ3v) is 4.22. The molecule has 1 fully saturated rings. The molecule has 2 rings (SSSR count). The predicted molar refractivity (Wildman–Crippen MR) is 76.1 cm³/mol. The van der Waals surface area contributed by atoms with Gasteiger partial charge in [-0.2, -0.15) is 5.26 Å². The van der Waals surface area contributed by atoms with Gasteiger partial charge in [0.1, 0.15) is 4.87 Å². The fourth-order valence-corrected chi connectivity index (χ4v) is 2.83. The summed E-state index contributed by atoms with van der Waals surface area (Å²) in [6.45, 7) is 4.99. The van der Waals surface area contributed by atoms with Gasteiger partial charge in [-0.25, -0.2) is 0 Å². The molecule has 2 atom stereocenters. The van der Waals surface area contributed by atoms with Crippen LogP contribution in [0.3, 0.4) is 0 Å². The Labute approximate surface area is 119 Å². The molecule has 0 N–H and O–H groups in total. The van der Waals surface area contributed by atoms with Gasteiger partial charge in [-0.15, -0.1) is 11.6 Å². The molecule has 1 heterocycles. The van der Waals surface area contributed by atoms with Gasteiger partial charge >= 0.3 is 0 Å². The number of ether oxygens (including phenoxy) is 1. The van der Waals surface area contributed by atoms with Crippen molar-refractivity contribution in [3.05, 3.63) is 35.9 Å². The lowest BCUT2D eigenvalue weighted by atomic mass is 9.89. The van der Waals surface area contributed by atoms with Crippen LogP contribution in [-0.4, -0.2) is 36.1 Å². The van der Waals surface area contributed by atoms with E-state index in [1.54, 1.807) is 0 Å². The lowest BCUT2D eigenvalue weighted by molar-refractivity contribution is 0.0101. The number of hydrogen-bond donors (Lipinski definition) is 0. The van der Waals surface area contributed by atoms with E-state index in [1.165, 1.54) is 0 Å². The third kappa shape index (κ3) is 3.09. The average Bonchev–Trinajstić information content (AvgIpc) is 2.49. The maximum Gasteiger partial charge on any atom is 0.150 e. The van der Waals surface area contributed by atoms with Crippen LogP contribution in [0.5, 0.6) is 0 Å². The first-order valence-electron chi connectivity index (χ1n) is 6.68. The first-order valence-corrected chi connectivity index (χ1v) is 7.06. The van der Waals surface area contributed by atoms with Crippen LogP contribution in [0.4, 0.5) is 0 Å². The highest BCUT2D eigenvalue weighted by Crippen LogP contribution is 2.39. The van der Waals surface area contributed by atoms with Gasteiger partial charge in [0.15, 0.2) is 0 Å². The molecule has 19 heavy (non-hydrogen) atoms. The average molecular weight is 279 g/mol. The minimum Gasteiger partial charge on any atom is -0.379 e. The van der Waals surface area contributed by atoms with Gasteiger partial charge < -0.3 is 4.74 Å². The van der Waals surface area contributed by atoms with E-state index in [1.807, 2.05) is 37.3 Å². The first-order chi connectivity index (χ1) is 9.21. The zero-order valence-electron chi connectivity index (χ0n) is 11.2. The highest BCUT2D eigenvalue weighted by atomic mass is 35.5. The fraction of sp³-hybridized carbons (Fsp3) is 0.533. The minimum atomic E-state index is -0.890. The Morgan fingerprint density at radius 3 is 2.53 bits per heavy atom. The van der Waals surface area contributed by atoms with E-state index in [0.29, 0.717) is 19.6 Å². The van der Waals surface area contributed by atoms with E-state index >= 15 is 0 Å². The summed E-state index contributed by atoms with van der Waals surface area (Å²) in [7, 11) is 0. The lowest BCUT2D eigenvalue weighted by Gasteiger charge is -2.40. The molecule has 0 radical (unpaired) electrons. The molecular weight excluding hydrogens is 260 g/mol. The highest BCUT2D eigenvalue weighted by molar-refractivity contribution is 6.26. The van der Waals surface area contributed by atoms with E-state index in [2.05, 4.69) is 11.0 Å². The zero-order chi connectivity index (χ0) is 13.7. The number of nitrogens with zero attached hydrogens (tertiary/aromatic N) is 2. The van der Waals surface area contributed by atoms with E-state index in [0.717, 1.165) is 18.7 Å². The number of hydrogen-bond acceptors (Lipinski definition) is 3. The van der Waals surface area contributed by atoms with Crippen molar-refractivity contribution in [1.82, 2.24) is 4.90 Å². The molecule has 0 bridgehead atoms. The van der Waals surface area contributed by atoms with Gasteiger partial charge in [0.2, 0.25) is 0 Å². The van der Waals surface area contributed by atoms with Crippen LogP contribution in [0, 0.1) is 11.3 Å². The largest absolute Gasteiger partial charge is 0.379 e. The molecule has 0 aliphatic carbocycles. The van der Waals surface area contributed by atoms with Gasteiger partial charge in [0, 0.05) is 13.1 Å². The molecular formula is C15H19ClN2O. The number of morpholine rings is 1. The molecule has 1 aromatic rings. The van der Waals surface area contributed by atoms with Crippen molar-refractivity contribution in [3.63, 3.8) is 0 Å². The van der Waals surface area contributed by atoms with Crippen LogP contribution >= 0.6 is 11.6 Å². The Bertz CT molecular complexity index is 439. The van der Waals surface area contributed by atoms with E-state index < -0.39 is 4.87 Å². The summed E-state index contributed by atoms with van der Waals surface area (Å²) < 4.78 is 5.40. The fourth-order valence-electron chi connectivity index (χ4n) is 2.57. The van der Waals surface area contributed by atoms with Crippen molar-refractivity contribution >= 4 is 11.6 Å². The summed E-state index contributed by atoms with van der Waals surface area (Å²) in [6, 6.07) is 12.3. The Morgan fingerprint density at radius 1 is 1.37 bits per heavy atom. The highest BCUT2D eigenvalue weighted by Gasteiger charge is 2.40. The van der Waals surface area contributed by atoms with Crippen LogP contribution in [0.25, 0.3) is 0 Å². The van der Waals surface area contributed by atoms with Crippen molar-refractivity contribution in [2.24, 2.45) is 0 Å². The molecule has 1 aromatic carbocycles. The van der Waals surface area contributed by atoms with Crippen LogP contribution in [0.15, 0.2) is 30.3 Å². The van der Waals surface area contributed by atoms with Gasteiger partial charge in [-0.05, 0) is 12.0 Å². The molecule has 0 amide bonds. The van der Waals surface area contributed by atoms with E-state index in [9.17, 15) is 5.26 Å². The van der Waals surface area contributed by atoms with E-state index in [4.69, 9.17) is 16.3 Å². The molecule has 0 saturated carbocycles. The molecule has 3 nitrogen and oxygen atoms in total. The van der Waals surface area contributed by atoms with Gasteiger partial charge in [0.05, 0.1) is 25.3 Å². The summed E-state index contributed by atoms with van der Waals surface area (Å²) in [5.41, 5.74) is 1.10. The molecule has 1 aliphatic rings. The molecule has 0 spiro atoms. The second-order valence-electron chi connectivity index (χ2n) is 4.79. The third-order valence-electron chi connectivity index (χ3n) is 3.66. The van der Waals surface area contributed by atoms with Crippen molar-refractivity contribution in [2.45, 2.75) is 24.3 Å². The molecule has 4 heteroatoms. The molecule has 1 aliphatic heterocycles. The molecule has 0 aromatic heterocycles. The second-order valence-corrected chi connectivity index (χ2v) is 5.46. The summed E-state index contributed by atoms with van der Waals surface area (Å²) in [6.07, 6.45) is 0.613. The smallest absolute Gasteiger partial charge is 0.150 e. The number of nitriles is 1. The quantitative estimate of drug-likeness (QED) is 0.795. The van der Waals surface area contributed by atoms with Gasteiger partial charge in [-0.3, -0.25) is 4.90 Å². The normalized spacial score (nSPS) is 21.3. The van der Waals surface area contributed by atoms with Crippen molar-refractivity contribution in [2.75, 3.05) is 26.3 Å².